The van der Waals surface area contributed by atoms with E-state index < -0.39 is 0 Å². The summed E-state index contributed by atoms with van der Waals surface area (Å²) in [6.45, 7) is 0.560. The smallest absolute Gasteiger partial charge is 0.253 e. The van der Waals surface area contributed by atoms with E-state index in [2.05, 4.69) is 0 Å². The number of amides is 3. The van der Waals surface area contributed by atoms with E-state index in [1.165, 1.54) is 0 Å². The van der Waals surface area contributed by atoms with Crippen LogP contribution in [0.1, 0.15) is 41.1 Å². The van der Waals surface area contributed by atoms with Crippen LogP contribution in [0.4, 0.5) is 0 Å². The molecule has 0 aromatic heterocycles. The molecule has 1 aliphatic carbocycles. The number of benzene rings is 2. The molecule has 2 aromatic carbocycles. The standard InChI is InChI=1S/C27H31N3O4/c1-28(2)27(34)21-11-7-19(8-12-21)18-5-9-20(10-6-18)26-22-14-29(24(32)13-17-3-4-17)15-25(33)30(22)23(26)16-31/h5-12,17,22-23,26,31H,3-4,13-16H2,1-2H3/t22-,23+,26-/m0/s1. The quantitative estimate of drug-likeness (QED) is 0.716. The van der Waals surface area contributed by atoms with E-state index in [1.807, 2.05) is 48.5 Å². The van der Waals surface area contributed by atoms with Crippen LogP contribution in [0.5, 0.6) is 0 Å². The lowest BCUT2D eigenvalue weighted by Crippen LogP contribution is -2.73. The number of fused-ring (bicyclic) bond motifs is 1. The minimum Gasteiger partial charge on any atom is -0.394 e. The molecule has 7 nitrogen and oxygen atoms in total. The molecule has 1 N–H and O–H groups in total. The lowest BCUT2D eigenvalue weighted by molar-refractivity contribution is -0.167. The van der Waals surface area contributed by atoms with Gasteiger partial charge in [0.05, 0.1) is 25.2 Å². The van der Waals surface area contributed by atoms with Gasteiger partial charge in [-0.15, -0.1) is 0 Å². The average molecular weight is 462 g/mol. The number of aliphatic hydroxyl groups is 1. The minimum atomic E-state index is -0.250. The van der Waals surface area contributed by atoms with Crippen LogP contribution in [0.2, 0.25) is 0 Å². The van der Waals surface area contributed by atoms with E-state index in [-0.39, 0.29) is 48.9 Å². The predicted octanol–water partition coefficient (Wildman–Crippen LogP) is 2.35. The highest BCUT2D eigenvalue weighted by Gasteiger charge is 2.54. The first-order chi connectivity index (χ1) is 16.4. The van der Waals surface area contributed by atoms with Gasteiger partial charge in [-0.1, -0.05) is 36.4 Å². The van der Waals surface area contributed by atoms with Gasteiger partial charge in [0.2, 0.25) is 11.8 Å². The van der Waals surface area contributed by atoms with Crippen molar-refractivity contribution < 1.29 is 19.5 Å². The van der Waals surface area contributed by atoms with E-state index in [4.69, 9.17) is 0 Å². The van der Waals surface area contributed by atoms with Crippen LogP contribution in [0.3, 0.4) is 0 Å². The number of aliphatic hydroxyl groups excluding tert-OH is 1. The zero-order chi connectivity index (χ0) is 24.0. The number of hydrogen-bond acceptors (Lipinski definition) is 4. The Morgan fingerprint density at radius 2 is 1.62 bits per heavy atom. The Morgan fingerprint density at radius 1 is 1.00 bits per heavy atom. The van der Waals surface area contributed by atoms with Crippen molar-refractivity contribution in [2.24, 2.45) is 5.92 Å². The Morgan fingerprint density at radius 3 is 2.18 bits per heavy atom. The van der Waals surface area contributed by atoms with Crippen LogP contribution in [0.25, 0.3) is 11.1 Å². The molecule has 5 rings (SSSR count). The summed E-state index contributed by atoms with van der Waals surface area (Å²) in [6, 6.07) is 15.4. The predicted molar refractivity (Wildman–Crippen MR) is 128 cm³/mol. The Kier molecular flexibility index (Phi) is 5.90. The Labute approximate surface area is 200 Å². The molecule has 0 radical (unpaired) electrons. The highest BCUT2D eigenvalue weighted by atomic mass is 16.3. The molecule has 3 aliphatic rings. The molecule has 34 heavy (non-hydrogen) atoms. The third kappa shape index (κ3) is 4.09. The average Bonchev–Trinajstić information content (AvgIpc) is 3.64. The van der Waals surface area contributed by atoms with Gasteiger partial charge in [-0.25, -0.2) is 0 Å². The van der Waals surface area contributed by atoms with Crippen LogP contribution >= 0.6 is 0 Å². The molecule has 178 valence electrons. The molecule has 1 saturated carbocycles. The summed E-state index contributed by atoms with van der Waals surface area (Å²) in [5.41, 5.74) is 3.76. The fourth-order valence-electron chi connectivity index (χ4n) is 5.35. The van der Waals surface area contributed by atoms with Crippen molar-refractivity contribution in [3.8, 4) is 11.1 Å². The summed E-state index contributed by atoms with van der Waals surface area (Å²) in [7, 11) is 3.47. The van der Waals surface area contributed by atoms with Crippen molar-refractivity contribution in [2.75, 3.05) is 33.8 Å². The molecular formula is C27H31N3O4. The SMILES string of the molecule is CN(C)C(=O)c1ccc(-c2ccc([C@@H]3[C@@H](CO)N4C(=O)CN(C(=O)CC5CC5)C[C@@H]34)cc2)cc1. The first-order valence-electron chi connectivity index (χ1n) is 12.0. The van der Waals surface area contributed by atoms with Crippen LogP contribution in [0, 0.1) is 5.92 Å². The molecule has 2 saturated heterocycles. The highest BCUT2D eigenvalue weighted by Crippen LogP contribution is 2.43. The second kappa shape index (κ2) is 8.87. The maximum absolute atomic E-state index is 12.8. The molecular weight excluding hydrogens is 430 g/mol. The number of piperazine rings is 1. The largest absolute Gasteiger partial charge is 0.394 e. The number of nitrogens with zero attached hydrogens (tertiary/aromatic N) is 3. The molecule has 3 fully saturated rings. The molecule has 0 bridgehead atoms. The van der Waals surface area contributed by atoms with Gasteiger partial charge in [0.1, 0.15) is 0 Å². The molecule has 3 atom stereocenters. The first-order valence-corrected chi connectivity index (χ1v) is 12.0. The number of hydrogen-bond donors (Lipinski definition) is 1. The van der Waals surface area contributed by atoms with Crippen molar-refractivity contribution in [2.45, 2.75) is 37.3 Å². The Bertz CT molecular complexity index is 1090. The van der Waals surface area contributed by atoms with Crippen molar-refractivity contribution in [1.29, 1.82) is 0 Å². The third-order valence-electron chi connectivity index (χ3n) is 7.43. The van der Waals surface area contributed by atoms with E-state index >= 15 is 0 Å². The summed E-state index contributed by atoms with van der Waals surface area (Å²) >= 11 is 0. The normalized spacial score (nSPS) is 23.9. The third-order valence-corrected chi connectivity index (χ3v) is 7.43. The molecule has 0 unspecified atom stereocenters. The second-order valence-corrected chi connectivity index (χ2v) is 9.96. The van der Waals surface area contributed by atoms with Gasteiger partial charge < -0.3 is 19.8 Å². The first kappa shape index (κ1) is 22.6. The number of rotatable bonds is 6. The van der Waals surface area contributed by atoms with Gasteiger partial charge in [0, 0.05) is 38.5 Å². The summed E-state index contributed by atoms with van der Waals surface area (Å²) < 4.78 is 0. The molecule has 0 spiro atoms. The van der Waals surface area contributed by atoms with Crippen LogP contribution in [0.15, 0.2) is 48.5 Å². The summed E-state index contributed by atoms with van der Waals surface area (Å²) in [4.78, 5) is 42.6. The zero-order valence-corrected chi connectivity index (χ0v) is 19.7. The van der Waals surface area contributed by atoms with E-state index in [1.54, 1.807) is 28.8 Å². The topological polar surface area (TPSA) is 81.2 Å². The number of carbonyl (C=O) groups excluding carboxylic acids is 3. The lowest BCUT2D eigenvalue weighted by atomic mass is 9.73. The van der Waals surface area contributed by atoms with E-state index in [9.17, 15) is 19.5 Å². The van der Waals surface area contributed by atoms with Gasteiger partial charge in [-0.05, 0) is 47.6 Å². The number of carbonyl (C=O) groups is 3. The van der Waals surface area contributed by atoms with Gasteiger partial charge in [0.15, 0.2) is 0 Å². The minimum absolute atomic E-state index is 0.000358. The van der Waals surface area contributed by atoms with Crippen molar-refractivity contribution in [3.63, 3.8) is 0 Å². The maximum Gasteiger partial charge on any atom is 0.253 e. The van der Waals surface area contributed by atoms with Crippen molar-refractivity contribution in [3.05, 3.63) is 59.7 Å². The van der Waals surface area contributed by atoms with Crippen LogP contribution < -0.4 is 0 Å². The molecule has 7 heteroatoms. The zero-order valence-electron chi connectivity index (χ0n) is 19.7. The van der Waals surface area contributed by atoms with Crippen molar-refractivity contribution >= 4 is 17.7 Å². The molecule has 2 aliphatic heterocycles. The van der Waals surface area contributed by atoms with Gasteiger partial charge >= 0.3 is 0 Å². The van der Waals surface area contributed by atoms with Gasteiger partial charge in [-0.3, -0.25) is 14.4 Å². The van der Waals surface area contributed by atoms with Gasteiger partial charge in [0.25, 0.3) is 5.91 Å². The lowest BCUT2D eigenvalue weighted by Gasteiger charge is -2.58. The van der Waals surface area contributed by atoms with Crippen LogP contribution in [-0.2, 0) is 9.59 Å². The summed E-state index contributed by atoms with van der Waals surface area (Å²) in [6.07, 6.45) is 2.76. The molecule has 3 amide bonds. The summed E-state index contributed by atoms with van der Waals surface area (Å²) in [5, 5.41) is 10.0. The molecule has 2 heterocycles. The van der Waals surface area contributed by atoms with Gasteiger partial charge in [-0.2, -0.15) is 0 Å². The second-order valence-electron chi connectivity index (χ2n) is 9.96. The van der Waals surface area contributed by atoms with Crippen LogP contribution in [-0.4, -0.2) is 83.4 Å². The fraction of sp³-hybridized carbons (Fsp3) is 0.444. The monoisotopic (exact) mass is 461 g/mol. The van der Waals surface area contributed by atoms with Crippen molar-refractivity contribution in [1.82, 2.24) is 14.7 Å². The fourth-order valence-corrected chi connectivity index (χ4v) is 5.35. The van der Waals surface area contributed by atoms with E-state index in [0.29, 0.717) is 24.4 Å². The Hall–Kier alpha value is -3.19. The highest BCUT2D eigenvalue weighted by molar-refractivity contribution is 5.94. The summed E-state index contributed by atoms with van der Waals surface area (Å²) in [5.74, 6) is 0.469. The maximum atomic E-state index is 12.8. The Balaban J connectivity index is 1.32. The van der Waals surface area contributed by atoms with E-state index in [0.717, 1.165) is 29.5 Å². The molecule has 2 aromatic rings.